The molecule has 1 saturated heterocycles. The van der Waals surface area contributed by atoms with Gasteiger partial charge >= 0.3 is 5.97 Å². The number of carboxylic acids is 1. The number of hydrogen-bond acceptors (Lipinski definition) is 2. The van der Waals surface area contributed by atoms with Gasteiger partial charge in [-0.1, -0.05) is 25.1 Å². The van der Waals surface area contributed by atoms with Gasteiger partial charge in [-0.25, -0.2) is 4.39 Å². The van der Waals surface area contributed by atoms with Gasteiger partial charge in [0.15, 0.2) is 0 Å². The van der Waals surface area contributed by atoms with Crippen molar-refractivity contribution in [3.8, 4) is 0 Å². The van der Waals surface area contributed by atoms with E-state index in [0.29, 0.717) is 18.5 Å². The van der Waals surface area contributed by atoms with Crippen LogP contribution in [-0.4, -0.2) is 29.1 Å². The van der Waals surface area contributed by atoms with Crippen molar-refractivity contribution in [2.75, 3.05) is 13.1 Å². The summed E-state index contributed by atoms with van der Waals surface area (Å²) in [7, 11) is 0. The lowest BCUT2D eigenvalue weighted by Crippen LogP contribution is -2.28. The fourth-order valence-electron chi connectivity index (χ4n) is 2.69. The van der Waals surface area contributed by atoms with E-state index in [1.807, 2.05) is 13.0 Å². The van der Waals surface area contributed by atoms with E-state index in [-0.39, 0.29) is 17.8 Å². The fraction of sp³-hybridized carbons (Fsp3) is 0.500. The van der Waals surface area contributed by atoms with Crippen LogP contribution in [0.3, 0.4) is 0 Å². The molecule has 1 heterocycles. The molecule has 0 aliphatic carbocycles. The highest BCUT2D eigenvalue weighted by Gasteiger charge is 2.32. The molecule has 2 unspecified atom stereocenters. The summed E-state index contributed by atoms with van der Waals surface area (Å²) in [5.41, 5.74) is 0.672. The summed E-state index contributed by atoms with van der Waals surface area (Å²) < 4.78 is 13.8. The van der Waals surface area contributed by atoms with Crippen molar-refractivity contribution in [1.82, 2.24) is 4.90 Å². The standard InChI is InChI=1S/C14H18FNO2/c1-2-13(11-5-3-4-6-12(11)15)16-8-7-10(9-16)14(17)18/h3-6,10,13H,2,7-9H2,1H3,(H,17,18). The predicted octanol–water partition coefficient (Wildman–Crippen LogP) is 2.68. The zero-order chi connectivity index (χ0) is 13.1. The van der Waals surface area contributed by atoms with Crippen LogP contribution in [0.1, 0.15) is 31.4 Å². The average molecular weight is 251 g/mol. The molecule has 0 bridgehead atoms. The monoisotopic (exact) mass is 251 g/mol. The minimum atomic E-state index is -0.749. The highest BCUT2D eigenvalue weighted by Crippen LogP contribution is 2.31. The van der Waals surface area contributed by atoms with E-state index in [2.05, 4.69) is 4.90 Å². The summed E-state index contributed by atoms with van der Waals surface area (Å²) in [6.45, 7) is 3.25. The van der Waals surface area contributed by atoms with Gasteiger partial charge in [-0.3, -0.25) is 9.69 Å². The van der Waals surface area contributed by atoms with Gasteiger partial charge in [0.2, 0.25) is 0 Å². The molecular formula is C14H18FNO2. The smallest absolute Gasteiger partial charge is 0.307 e. The number of benzene rings is 1. The first-order valence-corrected chi connectivity index (χ1v) is 6.34. The lowest BCUT2D eigenvalue weighted by molar-refractivity contribution is -0.141. The molecular weight excluding hydrogens is 233 g/mol. The molecule has 0 spiro atoms. The first-order chi connectivity index (χ1) is 8.63. The Morgan fingerprint density at radius 3 is 2.83 bits per heavy atom. The zero-order valence-electron chi connectivity index (χ0n) is 10.5. The Balaban J connectivity index is 2.16. The molecule has 98 valence electrons. The number of carboxylic acid groups (broad SMARTS) is 1. The Bertz CT molecular complexity index is 436. The Morgan fingerprint density at radius 1 is 1.56 bits per heavy atom. The summed E-state index contributed by atoms with van der Waals surface area (Å²) in [4.78, 5) is 13.0. The zero-order valence-corrected chi connectivity index (χ0v) is 10.5. The van der Waals surface area contributed by atoms with E-state index in [1.54, 1.807) is 12.1 Å². The van der Waals surface area contributed by atoms with E-state index in [1.165, 1.54) is 6.07 Å². The van der Waals surface area contributed by atoms with Gasteiger partial charge in [0.05, 0.1) is 5.92 Å². The maximum atomic E-state index is 13.8. The molecule has 2 atom stereocenters. The molecule has 18 heavy (non-hydrogen) atoms. The molecule has 3 nitrogen and oxygen atoms in total. The number of hydrogen-bond donors (Lipinski definition) is 1. The molecule has 1 aliphatic rings. The van der Waals surface area contributed by atoms with Crippen LogP contribution in [0.25, 0.3) is 0 Å². The van der Waals surface area contributed by atoms with Gasteiger partial charge < -0.3 is 5.11 Å². The van der Waals surface area contributed by atoms with Crippen LogP contribution in [0.4, 0.5) is 4.39 Å². The average Bonchev–Trinajstić information content (AvgIpc) is 2.82. The van der Waals surface area contributed by atoms with E-state index in [9.17, 15) is 9.18 Å². The minimum Gasteiger partial charge on any atom is -0.481 e. The summed E-state index contributed by atoms with van der Waals surface area (Å²) in [6.07, 6.45) is 1.44. The SMILES string of the molecule is CCC(c1ccccc1F)N1CCC(C(=O)O)C1. The highest BCUT2D eigenvalue weighted by molar-refractivity contribution is 5.70. The Morgan fingerprint density at radius 2 is 2.28 bits per heavy atom. The molecule has 0 saturated carbocycles. The largest absolute Gasteiger partial charge is 0.481 e. The third-order valence-electron chi connectivity index (χ3n) is 3.66. The Kier molecular flexibility index (Phi) is 3.97. The summed E-state index contributed by atoms with van der Waals surface area (Å²) >= 11 is 0. The van der Waals surface area contributed by atoms with E-state index in [4.69, 9.17) is 5.11 Å². The number of halogens is 1. The Hall–Kier alpha value is -1.42. The molecule has 1 aliphatic heterocycles. The van der Waals surface area contributed by atoms with Crippen LogP contribution in [0.15, 0.2) is 24.3 Å². The van der Waals surface area contributed by atoms with Crippen molar-refractivity contribution in [2.24, 2.45) is 5.92 Å². The number of rotatable bonds is 4. The van der Waals surface area contributed by atoms with Crippen molar-refractivity contribution in [2.45, 2.75) is 25.8 Å². The van der Waals surface area contributed by atoms with Crippen LogP contribution in [-0.2, 0) is 4.79 Å². The third-order valence-corrected chi connectivity index (χ3v) is 3.66. The molecule has 1 N–H and O–H groups in total. The second-order valence-electron chi connectivity index (χ2n) is 4.76. The molecule has 4 heteroatoms. The van der Waals surface area contributed by atoms with Gasteiger partial charge in [0.25, 0.3) is 0 Å². The van der Waals surface area contributed by atoms with Crippen LogP contribution in [0, 0.1) is 11.7 Å². The number of carbonyl (C=O) groups is 1. The molecule has 0 aromatic heterocycles. The van der Waals surface area contributed by atoms with Crippen molar-refractivity contribution in [3.63, 3.8) is 0 Å². The quantitative estimate of drug-likeness (QED) is 0.894. The van der Waals surface area contributed by atoms with Crippen molar-refractivity contribution in [1.29, 1.82) is 0 Å². The van der Waals surface area contributed by atoms with Crippen LogP contribution in [0.5, 0.6) is 0 Å². The lowest BCUT2D eigenvalue weighted by Gasteiger charge is -2.27. The molecule has 2 rings (SSSR count). The van der Waals surface area contributed by atoms with E-state index >= 15 is 0 Å². The predicted molar refractivity (Wildman–Crippen MR) is 66.7 cm³/mol. The molecule has 1 aromatic carbocycles. The number of likely N-dealkylation sites (tertiary alicyclic amines) is 1. The van der Waals surface area contributed by atoms with Crippen molar-refractivity contribution < 1.29 is 14.3 Å². The van der Waals surface area contributed by atoms with Gasteiger partial charge in [0.1, 0.15) is 5.82 Å². The second-order valence-corrected chi connectivity index (χ2v) is 4.76. The molecule has 1 fully saturated rings. The summed E-state index contributed by atoms with van der Waals surface area (Å²) in [6, 6.07) is 6.73. The van der Waals surface area contributed by atoms with Gasteiger partial charge in [-0.2, -0.15) is 0 Å². The van der Waals surface area contributed by atoms with E-state index < -0.39 is 5.97 Å². The first-order valence-electron chi connectivity index (χ1n) is 6.34. The van der Waals surface area contributed by atoms with Gasteiger partial charge in [-0.05, 0) is 25.5 Å². The van der Waals surface area contributed by atoms with Crippen molar-refractivity contribution in [3.05, 3.63) is 35.6 Å². The molecule has 1 aromatic rings. The van der Waals surface area contributed by atoms with Gasteiger partial charge in [-0.15, -0.1) is 0 Å². The Labute approximate surface area is 106 Å². The first kappa shape index (κ1) is 13.0. The van der Waals surface area contributed by atoms with Crippen LogP contribution < -0.4 is 0 Å². The van der Waals surface area contributed by atoms with Crippen molar-refractivity contribution >= 4 is 5.97 Å². The highest BCUT2D eigenvalue weighted by atomic mass is 19.1. The minimum absolute atomic E-state index is 0.0180. The second kappa shape index (κ2) is 5.48. The maximum Gasteiger partial charge on any atom is 0.307 e. The maximum absolute atomic E-state index is 13.8. The van der Waals surface area contributed by atoms with Crippen LogP contribution in [0.2, 0.25) is 0 Å². The normalized spacial score (nSPS) is 22.0. The number of nitrogens with zero attached hydrogens (tertiary/aromatic N) is 1. The fourth-order valence-corrected chi connectivity index (χ4v) is 2.69. The topological polar surface area (TPSA) is 40.5 Å². The lowest BCUT2D eigenvalue weighted by atomic mass is 10.0. The number of aliphatic carboxylic acids is 1. The van der Waals surface area contributed by atoms with E-state index in [0.717, 1.165) is 13.0 Å². The molecule has 0 radical (unpaired) electrons. The summed E-state index contributed by atoms with van der Waals surface area (Å²) in [5.74, 6) is -1.27. The van der Waals surface area contributed by atoms with Gasteiger partial charge in [0, 0.05) is 18.2 Å². The third kappa shape index (κ3) is 2.53. The molecule has 0 amide bonds. The summed E-state index contributed by atoms with van der Waals surface area (Å²) in [5, 5.41) is 9.01. The van der Waals surface area contributed by atoms with Crippen LogP contribution >= 0.6 is 0 Å².